The maximum Gasteiger partial charge on any atom is 0.264 e. The van der Waals surface area contributed by atoms with Crippen molar-refractivity contribution in [2.75, 3.05) is 6.54 Å². The van der Waals surface area contributed by atoms with Crippen LogP contribution < -0.4 is 0 Å². The van der Waals surface area contributed by atoms with Gasteiger partial charge in [-0.2, -0.15) is 0 Å². The third kappa shape index (κ3) is 3.06. The Morgan fingerprint density at radius 2 is 1.81 bits per heavy atom. The average molecular weight is 382 g/mol. The molecule has 1 aliphatic heterocycles. The second-order valence-electron chi connectivity index (χ2n) is 6.66. The predicted molar refractivity (Wildman–Crippen MR) is 109 cm³/mol. The molecule has 0 radical (unpaired) electrons. The van der Waals surface area contributed by atoms with Gasteiger partial charge in [0.25, 0.3) is 5.91 Å². The quantitative estimate of drug-likeness (QED) is 0.517. The van der Waals surface area contributed by atoms with Crippen molar-refractivity contribution >= 4 is 28.8 Å². The van der Waals surface area contributed by atoms with Crippen LogP contribution in [0.2, 0.25) is 5.02 Å². The van der Waals surface area contributed by atoms with E-state index in [1.807, 2.05) is 59.7 Å². The molecule has 1 fully saturated rings. The molecule has 0 aliphatic carbocycles. The van der Waals surface area contributed by atoms with E-state index in [2.05, 4.69) is 12.1 Å². The van der Waals surface area contributed by atoms with E-state index < -0.39 is 0 Å². The summed E-state index contributed by atoms with van der Waals surface area (Å²) in [6, 6.07) is 18.3. The van der Waals surface area contributed by atoms with Gasteiger partial charge in [-0.1, -0.05) is 54.1 Å². The number of nitrogens with zero attached hydrogens (tertiary/aromatic N) is 1. The first-order chi connectivity index (χ1) is 12.7. The number of halogens is 1. The van der Waals surface area contributed by atoms with Crippen LogP contribution in [-0.2, 0) is 0 Å². The van der Waals surface area contributed by atoms with Gasteiger partial charge in [-0.3, -0.25) is 4.79 Å². The van der Waals surface area contributed by atoms with E-state index in [4.69, 9.17) is 11.6 Å². The molecule has 1 aromatic heterocycles. The van der Waals surface area contributed by atoms with Gasteiger partial charge in [-0.05, 0) is 54.0 Å². The maximum absolute atomic E-state index is 13.1. The number of thiophene rings is 1. The van der Waals surface area contributed by atoms with Crippen molar-refractivity contribution < 1.29 is 4.79 Å². The smallest absolute Gasteiger partial charge is 0.264 e. The Bertz CT molecular complexity index is 949. The van der Waals surface area contributed by atoms with Crippen molar-refractivity contribution in [3.8, 4) is 11.1 Å². The molecule has 3 aromatic rings. The number of hydrogen-bond acceptors (Lipinski definition) is 2. The lowest BCUT2D eigenvalue weighted by atomic mass is 9.93. The molecule has 4 heteroatoms. The fourth-order valence-corrected chi connectivity index (χ4v) is 4.89. The van der Waals surface area contributed by atoms with Gasteiger partial charge in [0, 0.05) is 17.1 Å². The fourth-order valence-electron chi connectivity index (χ4n) is 3.77. The van der Waals surface area contributed by atoms with E-state index in [9.17, 15) is 4.79 Å². The average Bonchev–Trinajstić information content (AvgIpc) is 3.31. The highest BCUT2D eigenvalue weighted by molar-refractivity contribution is 7.12. The normalized spacial score (nSPS) is 16.8. The zero-order valence-corrected chi connectivity index (χ0v) is 16.2. The second-order valence-corrected chi connectivity index (χ2v) is 7.98. The van der Waals surface area contributed by atoms with Crippen LogP contribution in [0.3, 0.4) is 0 Å². The van der Waals surface area contributed by atoms with E-state index in [0.717, 1.165) is 46.0 Å². The Labute approximate surface area is 163 Å². The van der Waals surface area contributed by atoms with Crippen LogP contribution in [0.15, 0.2) is 60.0 Å². The molecule has 1 saturated heterocycles. The molecule has 1 atom stereocenters. The van der Waals surface area contributed by atoms with Gasteiger partial charge in [0.1, 0.15) is 0 Å². The summed E-state index contributed by atoms with van der Waals surface area (Å²) in [5.41, 5.74) is 4.38. The van der Waals surface area contributed by atoms with Crippen molar-refractivity contribution in [3.05, 3.63) is 81.0 Å². The fraction of sp³-hybridized carbons (Fsp3) is 0.227. The minimum Gasteiger partial charge on any atom is -0.331 e. The van der Waals surface area contributed by atoms with Gasteiger partial charge in [0.15, 0.2) is 0 Å². The molecular weight excluding hydrogens is 362 g/mol. The Kier molecular flexibility index (Phi) is 4.84. The lowest BCUT2D eigenvalue weighted by Crippen LogP contribution is -2.30. The third-order valence-electron chi connectivity index (χ3n) is 5.05. The van der Waals surface area contributed by atoms with Crippen LogP contribution in [0, 0.1) is 6.92 Å². The standard InChI is InChI=1S/C22H20ClNOS/c1-15-12-14-26-21(15)22(25)24-13-6-11-20(24)18-9-3-2-7-16(18)17-8-4-5-10-19(17)23/h2-5,7-10,12,14,20H,6,11,13H2,1H3/t20-/m0/s1. The first-order valence-electron chi connectivity index (χ1n) is 8.85. The van der Waals surface area contributed by atoms with E-state index in [1.54, 1.807) is 0 Å². The monoisotopic (exact) mass is 381 g/mol. The van der Waals surface area contributed by atoms with Crippen LogP contribution >= 0.6 is 22.9 Å². The minimum atomic E-state index is 0.0940. The van der Waals surface area contributed by atoms with E-state index in [-0.39, 0.29) is 11.9 Å². The summed E-state index contributed by atoms with van der Waals surface area (Å²) in [5.74, 6) is 0.147. The lowest BCUT2D eigenvalue weighted by Gasteiger charge is -2.27. The third-order valence-corrected chi connectivity index (χ3v) is 6.39. The van der Waals surface area contributed by atoms with Gasteiger partial charge in [-0.15, -0.1) is 11.3 Å². The molecule has 4 rings (SSSR count). The summed E-state index contributed by atoms with van der Waals surface area (Å²) in [6.45, 7) is 2.81. The lowest BCUT2D eigenvalue weighted by molar-refractivity contribution is 0.0740. The minimum absolute atomic E-state index is 0.0940. The van der Waals surface area contributed by atoms with E-state index in [0.29, 0.717) is 0 Å². The number of amides is 1. The summed E-state index contributed by atoms with van der Waals surface area (Å²) >= 11 is 7.99. The summed E-state index contributed by atoms with van der Waals surface area (Å²) < 4.78 is 0. The highest BCUT2D eigenvalue weighted by atomic mass is 35.5. The van der Waals surface area contributed by atoms with Crippen molar-refractivity contribution in [2.45, 2.75) is 25.8 Å². The van der Waals surface area contributed by atoms with Gasteiger partial charge in [0.05, 0.1) is 10.9 Å². The number of rotatable bonds is 3. The van der Waals surface area contributed by atoms with Gasteiger partial charge < -0.3 is 4.90 Å². The molecular formula is C22H20ClNOS. The zero-order valence-electron chi connectivity index (χ0n) is 14.6. The molecule has 0 spiro atoms. The van der Waals surface area contributed by atoms with Crippen LogP contribution in [0.25, 0.3) is 11.1 Å². The van der Waals surface area contributed by atoms with Gasteiger partial charge >= 0.3 is 0 Å². The summed E-state index contributed by atoms with van der Waals surface area (Å²) in [6.07, 6.45) is 2.01. The number of hydrogen-bond donors (Lipinski definition) is 0. The first-order valence-corrected chi connectivity index (χ1v) is 10.1. The molecule has 1 aliphatic rings. The van der Waals surface area contributed by atoms with Crippen LogP contribution in [0.4, 0.5) is 0 Å². The Balaban J connectivity index is 1.75. The molecule has 2 nitrogen and oxygen atoms in total. The van der Waals surface area contributed by atoms with Gasteiger partial charge in [-0.25, -0.2) is 0 Å². The molecule has 0 unspecified atom stereocenters. The van der Waals surface area contributed by atoms with Crippen LogP contribution in [0.5, 0.6) is 0 Å². The van der Waals surface area contributed by atoms with Gasteiger partial charge in [0.2, 0.25) is 0 Å². The number of likely N-dealkylation sites (tertiary alicyclic amines) is 1. The predicted octanol–water partition coefficient (Wildman–Crippen LogP) is 6.35. The van der Waals surface area contributed by atoms with Crippen molar-refractivity contribution in [2.24, 2.45) is 0 Å². The molecule has 26 heavy (non-hydrogen) atoms. The Morgan fingerprint density at radius 1 is 1.08 bits per heavy atom. The highest BCUT2D eigenvalue weighted by Crippen LogP contribution is 2.40. The molecule has 0 bridgehead atoms. The molecule has 2 aromatic carbocycles. The first kappa shape index (κ1) is 17.3. The van der Waals surface area contributed by atoms with E-state index >= 15 is 0 Å². The molecule has 132 valence electrons. The summed E-state index contributed by atoms with van der Waals surface area (Å²) in [4.78, 5) is 16.0. The highest BCUT2D eigenvalue weighted by Gasteiger charge is 2.33. The van der Waals surface area contributed by atoms with Crippen LogP contribution in [0.1, 0.15) is 39.7 Å². The maximum atomic E-state index is 13.1. The topological polar surface area (TPSA) is 20.3 Å². The number of carbonyl (C=O) groups is 1. The van der Waals surface area contributed by atoms with Crippen LogP contribution in [-0.4, -0.2) is 17.4 Å². The Morgan fingerprint density at radius 3 is 2.54 bits per heavy atom. The molecule has 2 heterocycles. The number of carbonyl (C=O) groups excluding carboxylic acids is 1. The largest absolute Gasteiger partial charge is 0.331 e. The number of aryl methyl sites for hydroxylation is 1. The molecule has 1 amide bonds. The number of benzene rings is 2. The molecule has 0 saturated carbocycles. The van der Waals surface area contributed by atoms with Crippen molar-refractivity contribution in [3.63, 3.8) is 0 Å². The summed E-state index contributed by atoms with van der Waals surface area (Å²) in [5, 5.41) is 2.73. The zero-order chi connectivity index (χ0) is 18.1. The van der Waals surface area contributed by atoms with Crippen molar-refractivity contribution in [1.29, 1.82) is 0 Å². The summed E-state index contributed by atoms with van der Waals surface area (Å²) in [7, 11) is 0. The van der Waals surface area contributed by atoms with E-state index in [1.165, 1.54) is 16.9 Å². The molecule has 0 N–H and O–H groups in total. The van der Waals surface area contributed by atoms with Crippen molar-refractivity contribution in [1.82, 2.24) is 4.90 Å². The Hall–Kier alpha value is -2.10. The second kappa shape index (κ2) is 7.26. The SMILES string of the molecule is Cc1ccsc1C(=O)N1CCC[C@H]1c1ccccc1-c1ccccc1Cl.